The van der Waals surface area contributed by atoms with E-state index in [0.29, 0.717) is 5.69 Å². The number of aromatic nitrogens is 1. The molecule has 0 radical (unpaired) electrons. The Bertz CT molecular complexity index is 1120. The highest BCUT2D eigenvalue weighted by molar-refractivity contribution is 7.92. The second-order valence-electron chi connectivity index (χ2n) is 5.57. The molecular weight excluding hydrogens is 400 g/mol. The third-order valence-corrected chi connectivity index (χ3v) is 5.27. The lowest BCUT2D eigenvalue weighted by atomic mass is 10.2. The minimum absolute atomic E-state index is 0.0752. The van der Waals surface area contributed by atoms with Crippen LogP contribution in [-0.4, -0.2) is 25.5 Å². The van der Waals surface area contributed by atoms with Gasteiger partial charge < -0.3 is 0 Å². The van der Waals surface area contributed by atoms with Crippen LogP contribution in [0, 0.1) is 0 Å². The first-order valence-electron chi connectivity index (χ1n) is 8.07. The number of anilines is 1. The summed E-state index contributed by atoms with van der Waals surface area (Å²) in [5, 5.41) is 4.09. The molecule has 0 aliphatic rings. The largest absolute Gasteiger partial charge is 0.278 e. The number of carbonyl (C=O) groups excluding carboxylic acids is 1. The molecule has 0 aliphatic heterocycles. The van der Waals surface area contributed by atoms with Crippen LogP contribution in [-0.2, 0) is 10.0 Å². The van der Waals surface area contributed by atoms with E-state index >= 15 is 0 Å². The van der Waals surface area contributed by atoms with Crippen molar-refractivity contribution in [3.05, 3.63) is 89.2 Å². The van der Waals surface area contributed by atoms with Crippen molar-refractivity contribution >= 4 is 39.4 Å². The van der Waals surface area contributed by atoms with Crippen LogP contribution in [0.2, 0.25) is 5.02 Å². The molecule has 1 aromatic heterocycles. The van der Waals surface area contributed by atoms with Crippen LogP contribution in [0.15, 0.2) is 82.9 Å². The highest BCUT2D eigenvalue weighted by Gasteiger charge is 2.17. The van der Waals surface area contributed by atoms with E-state index in [1.54, 1.807) is 48.7 Å². The number of rotatable bonds is 6. The van der Waals surface area contributed by atoms with Crippen molar-refractivity contribution in [3.8, 4) is 0 Å². The van der Waals surface area contributed by atoms with Crippen molar-refractivity contribution in [2.24, 2.45) is 5.10 Å². The molecule has 0 saturated carbocycles. The van der Waals surface area contributed by atoms with E-state index in [4.69, 9.17) is 11.6 Å². The maximum Gasteiger partial charge on any atom is 0.271 e. The summed E-state index contributed by atoms with van der Waals surface area (Å²) in [6.45, 7) is 0. The van der Waals surface area contributed by atoms with E-state index in [2.05, 4.69) is 20.2 Å². The molecule has 3 rings (SSSR count). The summed E-state index contributed by atoms with van der Waals surface area (Å²) in [5.41, 5.74) is 3.30. The Kier molecular flexibility index (Phi) is 6.03. The molecule has 0 saturated heterocycles. The lowest BCUT2D eigenvalue weighted by molar-refractivity contribution is 0.0955. The molecule has 0 spiro atoms. The molecule has 0 atom stereocenters. The second kappa shape index (κ2) is 8.64. The first-order chi connectivity index (χ1) is 13.5. The normalized spacial score (nSPS) is 11.3. The summed E-state index contributed by atoms with van der Waals surface area (Å²) in [7, 11) is -3.92. The SMILES string of the molecule is O=C(N/N=C/c1ccccn1)c1cccc(S(=O)(=O)Nc2ccccc2Cl)c1. The highest BCUT2D eigenvalue weighted by atomic mass is 35.5. The summed E-state index contributed by atoms with van der Waals surface area (Å²) in [6.07, 6.45) is 2.99. The first-order valence-corrected chi connectivity index (χ1v) is 9.94. The van der Waals surface area contributed by atoms with Gasteiger partial charge in [-0.05, 0) is 42.5 Å². The Labute approximate surface area is 167 Å². The predicted octanol–water partition coefficient (Wildman–Crippen LogP) is 3.30. The molecule has 1 amide bonds. The zero-order chi connectivity index (χ0) is 20.0. The fourth-order valence-corrected chi connectivity index (χ4v) is 3.59. The van der Waals surface area contributed by atoms with E-state index in [-0.39, 0.29) is 21.2 Å². The van der Waals surface area contributed by atoms with Gasteiger partial charge in [-0.3, -0.25) is 14.5 Å². The van der Waals surface area contributed by atoms with E-state index in [9.17, 15) is 13.2 Å². The molecule has 0 aliphatic carbocycles. The van der Waals surface area contributed by atoms with Crippen molar-refractivity contribution in [1.29, 1.82) is 0 Å². The Morgan fingerprint density at radius 1 is 1.04 bits per heavy atom. The molecule has 1 heterocycles. The van der Waals surface area contributed by atoms with Crippen molar-refractivity contribution in [2.75, 3.05) is 4.72 Å². The third-order valence-electron chi connectivity index (χ3n) is 3.58. The van der Waals surface area contributed by atoms with Gasteiger partial charge >= 0.3 is 0 Å². The molecule has 2 N–H and O–H groups in total. The zero-order valence-electron chi connectivity index (χ0n) is 14.4. The number of benzene rings is 2. The summed E-state index contributed by atoms with van der Waals surface area (Å²) in [6, 6.07) is 17.3. The minimum atomic E-state index is -3.92. The number of hydrogen-bond acceptors (Lipinski definition) is 5. The number of nitrogens with zero attached hydrogens (tertiary/aromatic N) is 2. The Balaban J connectivity index is 1.75. The van der Waals surface area contributed by atoms with Crippen molar-refractivity contribution < 1.29 is 13.2 Å². The maximum atomic E-state index is 12.6. The lowest BCUT2D eigenvalue weighted by Gasteiger charge is -2.10. The van der Waals surface area contributed by atoms with Crippen molar-refractivity contribution in [1.82, 2.24) is 10.4 Å². The van der Waals surface area contributed by atoms with Crippen LogP contribution in [0.3, 0.4) is 0 Å². The molecule has 0 fully saturated rings. The average molecular weight is 415 g/mol. The maximum absolute atomic E-state index is 12.6. The summed E-state index contributed by atoms with van der Waals surface area (Å²) >= 11 is 6.00. The summed E-state index contributed by atoms with van der Waals surface area (Å²) < 4.78 is 27.6. The summed E-state index contributed by atoms with van der Waals surface area (Å²) in [5.74, 6) is -0.554. The van der Waals surface area contributed by atoms with E-state index in [1.165, 1.54) is 30.5 Å². The number of sulfonamides is 1. The van der Waals surface area contributed by atoms with Gasteiger partial charge in [0, 0.05) is 11.8 Å². The lowest BCUT2D eigenvalue weighted by Crippen LogP contribution is -2.19. The smallest absolute Gasteiger partial charge is 0.271 e. The molecular formula is C19H15ClN4O3S. The Hall–Kier alpha value is -3.23. The second-order valence-corrected chi connectivity index (χ2v) is 7.66. The van der Waals surface area contributed by atoms with Gasteiger partial charge in [0.1, 0.15) is 0 Å². The van der Waals surface area contributed by atoms with Crippen LogP contribution in [0.1, 0.15) is 16.1 Å². The Morgan fingerprint density at radius 2 is 1.82 bits per heavy atom. The fraction of sp³-hybridized carbons (Fsp3) is 0. The molecule has 3 aromatic rings. The Morgan fingerprint density at radius 3 is 2.57 bits per heavy atom. The van der Waals surface area contributed by atoms with Gasteiger partial charge in [-0.2, -0.15) is 5.10 Å². The van der Waals surface area contributed by atoms with Gasteiger partial charge in [0.25, 0.3) is 15.9 Å². The van der Waals surface area contributed by atoms with Crippen LogP contribution in [0.5, 0.6) is 0 Å². The number of pyridine rings is 1. The molecule has 28 heavy (non-hydrogen) atoms. The number of halogens is 1. The van der Waals surface area contributed by atoms with Gasteiger partial charge in [-0.25, -0.2) is 13.8 Å². The number of amides is 1. The quantitative estimate of drug-likeness (QED) is 0.477. The fourth-order valence-electron chi connectivity index (χ4n) is 2.23. The number of nitrogens with one attached hydrogen (secondary N) is 2. The van der Waals surface area contributed by atoms with Gasteiger partial charge in [-0.15, -0.1) is 0 Å². The van der Waals surface area contributed by atoms with Crippen molar-refractivity contribution in [3.63, 3.8) is 0 Å². The zero-order valence-corrected chi connectivity index (χ0v) is 16.0. The average Bonchev–Trinajstić information content (AvgIpc) is 2.70. The number of carbonyl (C=O) groups is 1. The van der Waals surface area contributed by atoms with Gasteiger partial charge in [0.05, 0.1) is 27.5 Å². The van der Waals surface area contributed by atoms with E-state index < -0.39 is 15.9 Å². The molecule has 2 aromatic carbocycles. The molecule has 0 bridgehead atoms. The van der Waals surface area contributed by atoms with Crippen LogP contribution in [0.4, 0.5) is 5.69 Å². The van der Waals surface area contributed by atoms with Gasteiger partial charge in [0.15, 0.2) is 0 Å². The van der Waals surface area contributed by atoms with E-state index in [1.807, 2.05) is 0 Å². The van der Waals surface area contributed by atoms with Crippen LogP contribution >= 0.6 is 11.6 Å². The molecule has 7 nitrogen and oxygen atoms in total. The highest BCUT2D eigenvalue weighted by Crippen LogP contribution is 2.24. The van der Waals surface area contributed by atoms with E-state index in [0.717, 1.165) is 0 Å². The molecule has 9 heteroatoms. The van der Waals surface area contributed by atoms with Crippen LogP contribution < -0.4 is 10.1 Å². The first kappa shape index (κ1) is 19.5. The summed E-state index contributed by atoms with van der Waals surface area (Å²) in [4.78, 5) is 16.2. The molecule has 142 valence electrons. The molecule has 0 unspecified atom stereocenters. The number of hydrogen-bond donors (Lipinski definition) is 2. The number of hydrazone groups is 1. The topological polar surface area (TPSA) is 101 Å². The minimum Gasteiger partial charge on any atom is -0.278 e. The third kappa shape index (κ3) is 4.93. The van der Waals surface area contributed by atoms with Crippen molar-refractivity contribution in [2.45, 2.75) is 4.90 Å². The van der Waals surface area contributed by atoms with Gasteiger partial charge in [0.2, 0.25) is 0 Å². The monoisotopic (exact) mass is 414 g/mol. The van der Waals surface area contributed by atoms with Gasteiger partial charge in [-0.1, -0.05) is 35.9 Å². The standard InChI is InChI=1S/C19H15ClN4O3S/c20-17-9-1-2-10-18(17)24-28(26,27)16-8-5-6-14(12-16)19(25)23-22-13-15-7-3-4-11-21-15/h1-13,24H,(H,23,25)/b22-13+. The van der Waals surface area contributed by atoms with Crippen LogP contribution in [0.25, 0.3) is 0 Å². The predicted molar refractivity (Wildman–Crippen MR) is 108 cm³/mol. The number of para-hydroxylation sites is 1.